The van der Waals surface area contributed by atoms with Gasteiger partial charge >= 0.3 is 12.2 Å². The largest absolute Gasteiger partial charge is 0.480 e. The maximum Gasteiger partial charge on any atom is 0.416 e. The first kappa shape index (κ1) is 20.7. The lowest BCUT2D eigenvalue weighted by Crippen LogP contribution is -2.11. The normalized spacial score (nSPS) is 13.1. The number of benzene rings is 1. The molecule has 1 aromatic carbocycles. The van der Waals surface area contributed by atoms with E-state index in [4.69, 9.17) is 9.47 Å². The van der Waals surface area contributed by atoms with E-state index >= 15 is 0 Å². The van der Waals surface area contributed by atoms with E-state index in [1.165, 1.54) is 31.0 Å². The molecule has 156 valence electrons. The number of hydrogen-bond acceptors (Lipinski definition) is 5. The van der Waals surface area contributed by atoms with Gasteiger partial charge in [-0.3, -0.25) is 0 Å². The Bertz CT molecular complexity index is 1000. The summed E-state index contributed by atoms with van der Waals surface area (Å²) < 4.78 is 76.1. The molecule has 0 radical (unpaired) electrons. The Morgan fingerprint density at radius 2 is 1.69 bits per heavy atom. The summed E-state index contributed by atoms with van der Waals surface area (Å²) in [6, 6.07) is 3.86. The monoisotopic (exact) mass is 416 g/mol. The molecule has 0 spiro atoms. The Labute approximate surface area is 162 Å². The molecule has 0 saturated heterocycles. The first-order chi connectivity index (χ1) is 13.7. The number of halogens is 5. The van der Waals surface area contributed by atoms with Crippen LogP contribution < -0.4 is 9.47 Å². The Hall–Kier alpha value is -2.98. The molecule has 11 heteroatoms. The van der Waals surface area contributed by atoms with Crippen LogP contribution in [0.2, 0.25) is 0 Å². The van der Waals surface area contributed by atoms with Gasteiger partial charge in [-0.2, -0.15) is 28.2 Å². The van der Waals surface area contributed by atoms with E-state index in [0.717, 1.165) is 12.1 Å². The molecule has 6 nitrogen and oxygen atoms in total. The Balaban J connectivity index is 2.14. The van der Waals surface area contributed by atoms with Crippen molar-refractivity contribution in [1.29, 1.82) is 0 Å². The highest BCUT2D eigenvalue weighted by Gasteiger charge is 2.30. The summed E-state index contributed by atoms with van der Waals surface area (Å²) in [7, 11) is 2.66. The summed E-state index contributed by atoms with van der Waals surface area (Å²) in [5.74, 6) is 0.0216. The van der Waals surface area contributed by atoms with Crippen LogP contribution >= 0.6 is 0 Å². The van der Waals surface area contributed by atoms with E-state index in [1.807, 2.05) is 0 Å². The van der Waals surface area contributed by atoms with Crippen molar-refractivity contribution in [2.45, 2.75) is 32.0 Å². The number of rotatable bonds is 6. The van der Waals surface area contributed by atoms with Crippen LogP contribution in [0.25, 0.3) is 11.0 Å². The minimum Gasteiger partial charge on any atom is -0.480 e. The lowest BCUT2D eigenvalue weighted by molar-refractivity contribution is -0.137. The molecule has 3 rings (SSSR count). The lowest BCUT2D eigenvalue weighted by atomic mass is 10.1. The van der Waals surface area contributed by atoms with E-state index in [-0.39, 0.29) is 28.6 Å². The zero-order valence-corrected chi connectivity index (χ0v) is 15.7. The predicted molar refractivity (Wildman–Crippen MR) is 93.4 cm³/mol. The number of fused-ring (bicyclic) bond motifs is 1. The maximum absolute atomic E-state index is 13.1. The minimum atomic E-state index is -4.46. The molecule has 0 aliphatic rings. The van der Waals surface area contributed by atoms with Gasteiger partial charge in [-0.25, -0.2) is 13.5 Å². The fraction of sp³-hybridized carbons (Fsp3) is 0.389. The molecule has 1 atom stereocenters. The molecular formula is C18H17F5N4O2. The van der Waals surface area contributed by atoms with E-state index in [1.54, 1.807) is 6.92 Å². The van der Waals surface area contributed by atoms with Crippen molar-refractivity contribution >= 4 is 11.0 Å². The zero-order chi connectivity index (χ0) is 21.3. The summed E-state index contributed by atoms with van der Waals surface area (Å²) in [6.45, 7) is 1.67. The molecule has 2 aromatic heterocycles. The summed E-state index contributed by atoms with van der Waals surface area (Å²) in [5, 5.41) is 4.44. The fourth-order valence-corrected chi connectivity index (χ4v) is 2.95. The van der Waals surface area contributed by atoms with Gasteiger partial charge in [0.25, 0.3) is 0 Å². The molecule has 0 aliphatic carbocycles. The Morgan fingerprint density at radius 1 is 1.03 bits per heavy atom. The van der Waals surface area contributed by atoms with Crippen LogP contribution in [0, 0.1) is 0 Å². The number of hydrogen-bond donors (Lipinski definition) is 0. The second-order valence-corrected chi connectivity index (χ2v) is 6.20. The molecule has 0 fully saturated rings. The van der Waals surface area contributed by atoms with Crippen LogP contribution in [0.4, 0.5) is 22.0 Å². The quantitative estimate of drug-likeness (QED) is 0.562. The highest BCUT2D eigenvalue weighted by molar-refractivity contribution is 5.84. The third-order valence-electron chi connectivity index (χ3n) is 4.38. The first-order valence-electron chi connectivity index (χ1n) is 8.48. The van der Waals surface area contributed by atoms with Gasteiger partial charge in [-0.15, -0.1) is 0 Å². The molecule has 0 aliphatic heterocycles. The van der Waals surface area contributed by atoms with Crippen LogP contribution in [-0.2, 0) is 12.6 Å². The Kier molecular flexibility index (Phi) is 5.58. The molecule has 29 heavy (non-hydrogen) atoms. The first-order valence-corrected chi connectivity index (χ1v) is 8.48. The number of alkyl halides is 5. The van der Waals surface area contributed by atoms with Gasteiger partial charge in [0.05, 0.1) is 37.9 Å². The Morgan fingerprint density at radius 3 is 2.21 bits per heavy atom. The van der Waals surface area contributed by atoms with Gasteiger partial charge < -0.3 is 9.47 Å². The molecule has 1 unspecified atom stereocenters. The summed E-state index contributed by atoms with van der Waals surface area (Å²) >= 11 is 0. The zero-order valence-electron chi connectivity index (χ0n) is 15.7. The number of aromatic nitrogens is 4. The topological polar surface area (TPSA) is 62.1 Å². The van der Waals surface area contributed by atoms with Crippen LogP contribution in [0.3, 0.4) is 0 Å². The number of methoxy groups -OCH3 is 2. The average molecular weight is 416 g/mol. The van der Waals surface area contributed by atoms with Gasteiger partial charge in [0, 0.05) is 0 Å². The highest BCUT2D eigenvalue weighted by Crippen LogP contribution is 2.34. The molecule has 2 heterocycles. The second kappa shape index (κ2) is 7.80. The van der Waals surface area contributed by atoms with Gasteiger partial charge in [0.1, 0.15) is 5.39 Å². The molecule has 3 aromatic rings. The number of nitrogens with zero attached hydrogens (tertiary/aromatic N) is 4. The second-order valence-electron chi connectivity index (χ2n) is 6.20. The SMILES string of the molecule is COc1nc(OC)c2c(CC(F)F)nn(C(C)c3ccc(C(F)(F)F)cc3)c2n1. The van der Waals surface area contributed by atoms with Crippen molar-refractivity contribution in [2.75, 3.05) is 14.2 Å². The van der Waals surface area contributed by atoms with Crippen molar-refractivity contribution in [2.24, 2.45) is 0 Å². The lowest BCUT2D eigenvalue weighted by Gasteiger charge is -2.15. The number of ether oxygens (including phenoxy) is 2. The van der Waals surface area contributed by atoms with Gasteiger partial charge in [0.15, 0.2) is 5.65 Å². The molecule has 0 amide bonds. The van der Waals surface area contributed by atoms with E-state index in [9.17, 15) is 22.0 Å². The maximum atomic E-state index is 13.1. The minimum absolute atomic E-state index is 0.0215. The molecule has 0 N–H and O–H groups in total. The van der Waals surface area contributed by atoms with Gasteiger partial charge in [-0.05, 0) is 24.6 Å². The predicted octanol–water partition coefficient (Wildman–Crippen LogP) is 4.28. The van der Waals surface area contributed by atoms with Crippen LogP contribution in [0.1, 0.15) is 29.8 Å². The molecular weight excluding hydrogens is 399 g/mol. The van der Waals surface area contributed by atoms with Crippen LogP contribution in [0.5, 0.6) is 11.9 Å². The van der Waals surface area contributed by atoms with Gasteiger partial charge in [0.2, 0.25) is 12.3 Å². The molecule has 0 saturated carbocycles. The van der Waals surface area contributed by atoms with E-state index < -0.39 is 30.6 Å². The fourth-order valence-electron chi connectivity index (χ4n) is 2.95. The third kappa shape index (κ3) is 4.08. The van der Waals surface area contributed by atoms with E-state index in [0.29, 0.717) is 5.56 Å². The van der Waals surface area contributed by atoms with Crippen LogP contribution in [0.15, 0.2) is 24.3 Å². The summed E-state index contributed by atoms with van der Waals surface area (Å²) in [5.41, 5.74) is -0.101. The third-order valence-corrected chi connectivity index (χ3v) is 4.38. The smallest absolute Gasteiger partial charge is 0.416 e. The highest BCUT2D eigenvalue weighted by atomic mass is 19.4. The van der Waals surface area contributed by atoms with Crippen molar-refractivity contribution in [3.63, 3.8) is 0 Å². The van der Waals surface area contributed by atoms with Gasteiger partial charge in [-0.1, -0.05) is 12.1 Å². The van der Waals surface area contributed by atoms with Crippen molar-refractivity contribution < 1.29 is 31.4 Å². The summed E-state index contributed by atoms with van der Waals surface area (Å²) in [4.78, 5) is 8.21. The van der Waals surface area contributed by atoms with E-state index in [2.05, 4.69) is 15.1 Å². The average Bonchev–Trinajstić information content (AvgIpc) is 3.03. The summed E-state index contributed by atoms with van der Waals surface area (Å²) in [6.07, 6.45) is -7.79. The van der Waals surface area contributed by atoms with Crippen LogP contribution in [-0.4, -0.2) is 40.4 Å². The molecule has 0 bridgehead atoms. The standard InChI is InChI=1S/C18H17F5N4O2/c1-9(10-4-6-11(7-5-10)18(21,22)23)27-15-14(12(26-27)8-13(19)20)16(28-2)25-17(24-15)29-3/h4-7,9,13H,8H2,1-3H3. The van der Waals surface area contributed by atoms with Crippen molar-refractivity contribution in [1.82, 2.24) is 19.7 Å². The van der Waals surface area contributed by atoms with Crippen molar-refractivity contribution in [3.05, 3.63) is 41.1 Å². The van der Waals surface area contributed by atoms with Crippen molar-refractivity contribution in [3.8, 4) is 11.9 Å².